The van der Waals surface area contributed by atoms with E-state index < -0.39 is 10.8 Å². The Morgan fingerprint density at radius 3 is 2.45 bits per heavy atom. The van der Waals surface area contributed by atoms with Crippen molar-refractivity contribution in [3.63, 3.8) is 0 Å². The van der Waals surface area contributed by atoms with Gasteiger partial charge in [0.05, 0.1) is 17.6 Å². The predicted octanol–water partition coefficient (Wildman–Crippen LogP) is 3.52. The summed E-state index contributed by atoms with van der Waals surface area (Å²) < 4.78 is 11.0. The summed E-state index contributed by atoms with van der Waals surface area (Å²) in [5, 5.41) is 17.4. The molecule has 2 aromatic carbocycles. The zero-order valence-electron chi connectivity index (χ0n) is 16.6. The number of non-ortho nitro benzene ring substituents is 1. The molecule has 2 aromatic rings. The molecule has 8 heteroatoms. The Hall–Kier alpha value is -3.13. The molecule has 0 aliphatic carbocycles. The third kappa shape index (κ3) is 5.23. The van der Waals surface area contributed by atoms with Crippen LogP contribution in [0.1, 0.15) is 30.1 Å². The van der Waals surface area contributed by atoms with Crippen LogP contribution >= 0.6 is 0 Å². The number of rotatable bonds is 7. The van der Waals surface area contributed by atoms with Crippen LogP contribution in [0.2, 0.25) is 0 Å². The fourth-order valence-electron chi connectivity index (χ4n) is 3.26. The average molecular weight is 399 g/mol. The number of ether oxygens (including phenoxy) is 2. The molecule has 154 valence electrons. The molecule has 2 N–H and O–H groups in total. The Kier molecular flexibility index (Phi) is 6.33. The monoisotopic (exact) mass is 399 g/mol. The topological polar surface area (TPSA) is 103 Å². The zero-order chi connectivity index (χ0) is 20.9. The second-order valence-corrected chi connectivity index (χ2v) is 7.46. The highest BCUT2D eigenvalue weighted by atomic mass is 16.6. The maximum atomic E-state index is 12.9. The minimum absolute atomic E-state index is 0.00136. The fourth-order valence-corrected chi connectivity index (χ4v) is 3.26. The van der Waals surface area contributed by atoms with Crippen LogP contribution in [0.25, 0.3) is 0 Å². The summed E-state index contributed by atoms with van der Waals surface area (Å²) in [4.78, 5) is 23.5. The molecule has 1 amide bonds. The molecule has 0 aromatic heterocycles. The van der Waals surface area contributed by atoms with E-state index >= 15 is 0 Å². The first kappa shape index (κ1) is 20.6. The number of nitro groups is 1. The summed E-state index contributed by atoms with van der Waals surface area (Å²) in [6, 6.07) is 10.9. The summed E-state index contributed by atoms with van der Waals surface area (Å²) in [5.74, 6) is 1.04. The van der Waals surface area contributed by atoms with E-state index in [0.29, 0.717) is 18.0 Å². The number of nitrogens with zero attached hydrogens (tertiary/aromatic N) is 1. The first-order valence-electron chi connectivity index (χ1n) is 9.49. The van der Waals surface area contributed by atoms with Crippen LogP contribution in [-0.4, -0.2) is 37.6 Å². The highest BCUT2D eigenvalue weighted by molar-refractivity contribution is 5.97. The van der Waals surface area contributed by atoms with Crippen molar-refractivity contribution in [2.45, 2.75) is 19.8 Å². The van der Waals surface area contributed by atoms with Gasteiger partial charge >= 0.3 is 0 Å². The summed E-state index contributed by atoms with van der Waals surface area (Å²) in [6.45, 7) is 4.46. The third-order valence-corrected chi connectivity index (χ3v) is 5.19. The fraction of sp³-hybridized carbons (Fsp3) is 0.381. The lowest BCUT2D eigenvalue weighted by Gasteiger charge is -2.34. The standard InChI is InChI=1S/C21H25N3O5/c1-21(9-11-22-12-10-21)14-23-20(25)18-13-15(24(26)27)3-8-19(18)29-17-6-4-16(28-2)5-7-17/h3-8,13,22H,9-12,14H2,1-2H3,(H,23,25). The van der Waals surface area contributed by atoms with Crippen LogP contribution in [0.4, 0.5) is 5.69 Å². The molecule has 1 saturated heterocycles. The molecule has 1 aliphatic rings. The van der Waals surface area contributed by atoms with Crippen molar-refractivity contribution < 1.29 is 19.2 Å². The van der Waals surface area contributed by atoms with Crippen LogP contribution in [0.3, 0.4) is 0 Å². The molecule has 1 heterocycles. The molecule has 0 radical (unpaired) electrons. The number of carbonyl (C=O) groups excluding carboxylic acids is 1. The normalized spacial score (nSPS) is 15.4. The van der Waals surface area contributed by atoms with E-state index in [1.165, 1.54) is 18.2 Å². The number of nitrogens with one attached hydrogen (secondary N) is 2. The quantitative estimate of drug-likeness (QED) is 0.546. The van der Waals surface area contributed by atoms with E-state index in [0.717, 1.165) is 25.9 Å². The van der Waals surface area contributed by atoms with Gasteiger partial charge in [-0.05, 0) is 61.7 Å². The molecule has 0 saturated carbocycles. The highest BCUT2D eigenvalue weighted by Gasteiger charge is 2.28. The number of hydrogen-bond donors (Lipinski definition) is 2. The van der Waals surface area contributed by atoms with Crippen LogP contribution in [0.15, 0.2) is 42.5 Å². The number of amides is 1. The molecule has 3 rings (SSSR count). The molecule has 0 bridgehead atoms. The van der Waals surface area contributed by atoms with E-state index in [2.05, 4.69) is 17.6 Å². The second kappa shape index (κ2) is 8.91. The third-order valence-electron chi connectivity index (χ3n) is 5.19. The first-order valence-corrected chi connectivity index (χ1v) is 9.49. The molecule has 0 atom stereocenters. The van der Waals surface area contributed by atoms with Gasteiger partial charge in [-0.3, -0.25) is 14.9 Å². The van der Waals surface area contributed by atoms with Gasteiger partial charge in [-0.1, -0.05) is 6.92 Å². The van der Waals surface area contributed by atoms with Crippen molar-refractivity contribution in [1.82, 2.24) is 10.6 Å². The Morgan fingerprint density at radius 1 is 1.17 bits per heavy atom. The SMILES string of the molecule is COc1ccc(Oc2ccc([N+](=O)[O-])cc2C(=O)NCC2(C)CCNCC2)cc1. The smallest absolute Gasteiger partial charge is 0.270 e. The number of nitro benzene ring substituents is 1. The van der Waals surface area contributed by atoms with E-state index in [1.807, 2.05) is 0 Å². The highest BCUT2D eigenvalue weighted by Crippen LogP contribution is 2.31. The van der Waals surface area contributed by atoms with Gasteiger partial charge in [0.15, 0.2) is 0 Å². The van der Waals surface area contributed by atoms with Gasteiger partial charge < -0.3 is 20.1 Å². The maximum Gasteiger partial charge on any atom is 0.270 e. The van der Waals surface area contributed by atoms with Gasteiger partial charge in [0.1, 0.15) is 17.2 Å². The number of carbonyl (C=O) groups is 1. The minimum atomic E-state index is -0.526. The molecule has 1 aliphatic heterocycles. The van der Waals surface area contributed by atoms with Crippen LogP contribution < -0.4 is 20.1 Å². The first-order chi connectivity index (χ1) is 13.9. The summed E-state index contributed by atoms with van der Waals surface area (Å²) in [6.07, 6.45) is 1.91. The van der Waals surface area contributed by atoms with E-state index in [9.17, 15) is 14.9 Å². The van der Waals surface area contributed by atoms with Crippen LogP contribution in [0.5, 0.6) is 17.2 Å². The summed E-state index contributed by atoms with van der Waals surface area (Å²) in [7, 11) is 1.57. The Bertz CT molecular complexity index is 876. The van der Waals surface area contributed by atoms with Gasteiger partial charge in [-0.2, -0.15) is 0 Å². The summed E-state index contributed by atoms with van der Waals surface area (Å²) in [5.41, 5.74) is -0.0311. The Balaban J connectivity index is 1.80. The number of benzene rings is 2. The van der Waals surface area contributed by atoms with Gasteiger partial charge in [0.2, 0.25) is 0 Å². The molecule has 29 heavy (non-hydrogen) atoms. The molecule has 0 unspecified atom stereocenters. The van der Waals surface area contributed by atoms with Crippen LogP contribution in [0, 0.1) is 15.5 Å². The average Bonchev–Trinajstić information content (AvgIpc) is 2.73. The number of hydrogen-bond acceptors (Lipinski definition) is 6. The van der Waals surface area contributed by atoms with E-state index in [1.54, 1.807) is 31.4 Å². The van der Waals surface area contributed by atoms with Gasteiger partial charge in [-0.15, -0.1) is 0 Å². The van der Waals surface area contributed by atoms with Crippen molar-refractivity contribution in [1.29, 1.82) is 0 Å². The zero-order valence-corrected chi connectivity index (χ0v) is 16.6. The molecule has 8 nitrogen and oxygen atoms in total. The van der Waals surface area contributed by atoms with Crippen molar-refractivity contribution >= 4 is 11.6 Å². The molecule has 0 spiro atoms. The maximum absolute atomic E-state index is 12.9. The number of methoxy groups -OCH3 is 1. The van der Waals surface area contributed by atoms with Crippen LogP contribution in [-0.2, 0) is 0 Å². The second-order valence-electron chi connectivity index (χ2n) is 7.46. The summed E-state index contributed by atoms with van der Waals surface area (Å²) >= 11 is 0. The van der Waals surface area contributed by atoms with Gasteiger partial charge in [0.25, 0.3) is 11.6 Å². The van der Waals surface area contributed by atoms with Gasteiger partial charge in [0, 0.05) is 18.7 Å². The Morgan fingerprint density at radius 2 is 1.83 bits per heavy atom. The molecular formula is C21H25N3O5. The lowest BCUT2D eigenvalue weighted by molar-refractivity contribution is -0.384. The number of piperidine rings is 1. The largest absolute Gasteiger partial charge is 0.497 e. The lowest BCUT2D eigenvalue weighted by Crippen LogP contribution is -2.42. The van der Waals surface area contributed by atoms with Crippen molar-refractivity contribution in [2.24, 2.45) is 5.41 Å². The van der Waals surface area contributed by atoms with E-state index in [4.69, 9.17) is 9.47 Å². The lowest BCUT2D eigenvalue weighted by atomic mass is 9.81. The minimum Gasteiger partial charge on any atom is -0.497 e. The predicted molar refractivity (Wildman–Crippen MR) is 109 cm³/mol. The Labute approximate surface area is 169 Å². The van der Waals surface area contributed by atoms with Crippen molar-refractivity contribution in [2.75, 3.05) is 26.7 Å². The van der Waals surface area contributed by atoms with Gasteiger partial charge in [-0.25, -0.2) is 0 Å². The van der Waals surface area contributed by atoms with E-state index in [-0.39, 0.29) is 22.4 Å². The van der Waals surface area contributed by atoms with Crippen molar-refractivity contribution in [3.8, 4) is 17.2 Å². The molecule has 1 fully saturated rings. The molecular weight excluding hydrogens is 374 g/mol. The van der Waals surface area contributed by atoms with Crippen molar-refractivity contribution in [3.05, 3.63) is 58.1 Å².